The van der Waals surface area contributed by atoms with E-state index in [0.717, 1.165) is 24.6 Å². The molecule has 1 aromatic rings. The van der Waals surface area contributed by atoms with Crippen molar-refractivity contribution in [3.8, 4) is 11.5 Å². The zero-order valence-electron chi connectivity index (χ0n) is 12.9. The van der Waals surface area contributed by atoms with Crippen molar-refractivity contribution in [1.82, 2.24) is 10.2 Å². The molecular weight excluding hydrogens is 280 g/mol. The summed E-state index contributed by atoms with van der Waals surface area (Å²) in [6.07, 6.45) is 2.39. The molecule has 5 nitrogen and oxygen atoms in total. The largest absolute Gasteiger partial charge is 0.486 e. The Labute approximate surface area is 130 Å². The fourth-order valence-electron chi connectivity index (χ4n) is 3.75. The van der Waals surface area contributed by atoms with E-state index in [1.807, 2.05) is 19.1 Å². The molecule has 0 spiro atoms. The van der Waals surface area contributed by atoms with Crippen molar-refractivity contribution in [1.29, 1.82) is 0 Å². The molecule has 0 radical (unpaired) electrons. The predicted molar refractivity (Wildman–Crippen MR) is 82.4 cm³/mol. The molecule has 3 aliphatic rings. The molecule has 0 saturated carbocycles. The first-order chi connectivity index (χ1) is 10.7. The highest BCUT2D eigenvalue weighted by atomic mass is 16.6. The monoisotopic (exact) mass is 302 g/mol. The second-order valence-corrected chi connectivity index (χ2v) is 6.72. The number of fused-ring (bicyclic) bond motifs is 3. The molecule has 2 fully saturated rings. The van der Waals surface area contributed by atoms with Crippen molar-refractivity contribution in [2.75, 3.05) is 26.2 Å². The van der Waals surface area contributed by atoms with Gasteiger partial charge in [0, 0.05) is 24.7 Å². The van der Waals surface area contributed by atoms with Crippen LogP contribution in [0.1, 0.15) is 30.1 Å². The normalized spacial score (nSPS) is 32.6. The van der Waals surface area contributed by atoms with E-state index in [2.05, 4.69) is 10.2 Å². The van der Waals surface area contributed by atoms with Crippen molar-refractivity contribution < 1.29 is 14.3 Å². The Balaban J connectivity index is 1.45. The van der Waals surface area contributed by atoms with Gasteiger partial charge in [0.1, 0.15) is 12.7 Å². The van der Waals surface area contributed by atoms with Gasteiger partial charge in [0.2, 0.25) is 0 Å². The maximum atomic E-state index is 12.5. The first-order valence-corrected chi connectivity index (χ1v) is 8.14. The van der Waals surface area contributed by atoms with Gasteiger partial charge in [-0.3, -0.25) is 4.79 Å². The summed E-state index contributed by atoms with van der Waals surface area (Å²) in [6.45, 7) is 5.87. The van der Waals surface area contributed by atoms with Crippen LogP contribution in [0.5, 0.6) is 11.5 Å². The van der Waals surface area contributed by atoms with Crippen LogP contribution in [0.4, 0.5) is 0 Å². The second-order valence-electron chi connectivity index (χ2n) is 6.72. The third-order valence-electron chi connectivity index (χ3n) is 4.81. The zero-order valence-corrected chi connectivity index (χ0v) is 12.9. The topological polar surface area (TPSA) is 50.8 Å². The smallest absolute Gasteiger partial charge is 0.251 e. The number of carbonyl (C=O) groups is 1. The number of carbonyl (C=O) groups excluding carboxylic acids is 1. The average Bonchev–Trinajstić information content (AvgIpc) is 2.85. The van der Waals surface area contributed by atoms with Crippen LogP contribution in [0.2, 0.25) is 0 Å². The standard InChI is InChI=1S/C17H22N2O3/c1-11-10-21-15-3-2-13(7-16(15)22-11)17(20)18-14-6-12-4-5-19(8-12)9-14/h2-3,7,11-12,14H,4-6,8-10H2,1H3,(H,18,20)/t11-,12+,14+/m0/s1. The lowest BCUT2D eigenvalue weighted by molar-refractivity contribution is 0.0902. The van der Waals surface area contributed by atoms with Crippen LogP contribution < -0.4 is 14.8 Å². The molecule has 22 heavy (non-hydrogen) atoms. The highest BCUT2D eigenvalue weighted by Gasteiger charge is 2.33. The summed E-state index contributed by atoms with van der Waals surface area (Å²) in [6, 6.07) is 5.69. The Morgan fingerprint density at radius 1 is 1.32 bits per heavy atom. The lowest BCUT2D eigenvalue weighted by atomic mass is 9.96. The molecule has 1 unspecified atom stereocenters. The second kappa shape index (κ2) is 5.47. The summed E-state index contributed by atoms with van der Waals surface area (Å²) in [5.41, 5.74) is 0.643. The summed E-state index contributed by atoms with van der Waals surface area (Å²) >= 11 is 0. The first kappa shape index (κ1) is 13.9. The van der Waals surface area contributed by atoms with Crippen LogP contribution in [0.15, 0.2) is 18.2 Å². The van der Waals surface area contributed by atoms with Crippen LogP contribution in [0, 0.1) is 5.92 Å². The quantitative estimate of drug-likeness (QED) is 0.903. The summed E-state index contributed by atoms with van der Waals surface area (Å²) in [5.74, 6) is 2.12. The first-order valence-electron chi connectivity index (χ1n) is 8.14. The van der Waals surface area contributed by atoms with E-state index < -0.39 is 0 Å². The van der Waals surface area contributed by atoms with Crippen molar-refractivity contribution in [2.24, 2.45) is 5.92 Å². The number of piperidine rings is 1. The van der Waals surface area contributed by atoms with E-state index in [0.29, 0.717) is 17.9 Å². The van der Waals surface area contributed by atoms with Gasteiger partial charge in [-0.1, -0.05) is 0 Å². The number of hydrogen-bond acceptors (Lipinski definition) is 4. The molecule has 0 aliphatic carbocycles. The van der Waals surface area contributed by atoms with Crippen molar-refractivity contribution in [2.45, 2.75) is 31.9 Å². The Morgan fingerprint density at radius 2 is 2.23 bits per heavy atom. The van der Waals surface area contributed by atoms with Gasteiger partial charge >= 0.3 is 0 Å². The third-order valence-corrected chi connectivity index (χ3v) is 4.81. The fraction of sp³-hybridized carbons (Fsp3) is 0.588. The van der Waals surface area contributed by atoms with E-state index in [9.17, 15) is 4.79 Å². The van der Waals surface area contributed by atoms with Gasteiger partial charge in [0.25, 0.3) is 5.91 Å². The Kier molecular flexibility index (Phi) is 3.45. The lowest BCUT2D eigenvalue weighted by Gasteiger charge is -2.30. The van der Waals surface area contributed by atoms with Crippen LogP contribution >= 0.6 is 0 Å². The van der Waals surface area contributed by atoms with E-state index in [1.54, 1.807) is 6.07 Å². The Bertz CT molecular complexity index is 577. The number of nitrogens with one attached hydrogen (secondary N) is 1. The molecule has 3 aliphatic heterocycles. The van der Waals surface area contributed by atoms with Crippen molar-refractivity contribution in [3.05, 3.63) is 23.8 Å². The third kappa shape index (κ3) is 2.65. The van der Waals surface area contributed by atoms with Crippen LogP contribution in [-0.2, 0) is 0 Å². The van der Waals surface area contributed by atoms with Crippen molar-refractivity contribution in [3.63, 3.8) is 0 Å². The molecule has 118 valence electrons. The van der Waals surface area contributed by atoms with Gasteiger partial charge in [-0.15, -0.1) is 0 Å². The van der Waals surface area contributed by atoms with Gasteiger partial charge < -0.3 is 19.7 Å². The molecule has 1 N–H and O–H groups in total. The molecule has 4 rings (SSSR count). The highest BCUT2D eigenvalue weighted by molar-refractivity contribution is 5.95. The van der Waals surface area contributed by atoms with E-state index in [-0.39, 0.29) is 18.1 Å². The molecule has 1 amide bonds. The van der Waals surface area contributed by atoms with Gasteiger partial charge in [-0.05, 0) is 50.4 Å². The number of ether oxygens (including phenoxy) is 2. The van der Waals surface area contributed by atoms with Crippen LogP contribution in [-0.4, -0.2) is 49.2 Å². The molecule has 2 bridgehead atoms. The summed E-state index contributed by atoms with van der Waals surface area (Å²) in [5, 5.41) is 3.18. The van der Waals surface area contributed by atoms with E-state index in [1.165, 1.54) is 19.5 Å². The number of nitrogens with zero attached hydrogens (tertiary/aromatic N) is 1. The predicted octanol–water partition coefficient (Wildman–Crippen LogP) is 1.67. The fourth-order valence-corrected chi connectivity index (χ4v) is 3.75. The molecule has 4 atom stereocenters. The highest BCUT2D eigenvalue weighted by Crippen LogP contribution is 2.33. The number of amides is 1. The van der Waals surface area contributed by atoms with Crippen molar-refractivity contribution >= 4 is 5.91 Å². The average molecular weight is 302 g/mol. The molecular formula is C17H22N2O3. The van der Waals surface area contributed by atoms with E-state index in [4.69, 9.17) is 9.47 Å². The Hall–Kier alpha value is -1.75. The summed E-state index contributed by atoms with van der Waals surface area (Å²) in [4.78, 5) is 14.9. The molecule has 3 heterocycles. The van der Waals surface area contributed by atoms with Crippen LogP contribution in [0.25, 0.3) is 0 Å². The van der Waals surface area contributed by atoms with Gasteiger partial charge in [-0.2, -0.15) is 0 Å². The minimum Gasteiger partial charge on any atom is -0.486 e. The maximum Gasteiger partial charge on any atom is 0.251 e. The molecule has 0 aromatic heterocycles. The number of benzene rings is 1. The number of rotatable bonds is 2. The van der Waals surface area contributed by atoms with E-state index >= 15 is 0 Å². The van der Waals surface area contributed by atoms with Gasteiger partial charge in [0.15, 0.2) is 11.5 Å². The minimum atomic E-state index is -0.0165. The van der Waals surface area contributed by atoms with Gasteiger partial charge in [-0.25, -0.2) is 0 Å². The van der Waals surface area contributed by atoms with Gasteiger partial charge in [0.05, 0.1) is 0 Å². The zero-order chi connectivity index (χ0) is 15.1. The number of hydrogen-bond donors (Lipinski definition) is 1. The minimum absolute atomic E-state index is 0.0165. The van der Waals surface area contributed by atoms with Crippen LogP contribution in [0.3, 0.4) is 0 Å². The molecule has 2 saturated heterocycles. The SMILES string of the molecule is C[C@H]1COc2ccc(C(=O)N[C@@H]3C[C@H]4CCN(C4)C3)cc2O1. The summed E-state index contributed by atoms with van der Waals surface area (Å²) < 4.78 is 11.3. The summed E-state index contributed by atoms with van der Waals surface area (Å²) in [7, 11) is 0. The lowest BCUT2D eigenvalue weighted by Crippen LogP contribution is -2.47. The molecule has 5 heteroatoms. The Morgan fingerprint density at radius 3 is 3.09 bits per heavy atom. The maximum absolute atomic E-state index is 12.5. The molecule has 1 aromatic carbocycles.